The summed E-state index contributed by atoms with van der Waals surface area (Å²) in [7, 11) is 0. The summed E-state index contributed by atoms with van der Waals surface area (Å²) in [5, 5.41) is 2.53. The van der Waals surface area contributed by atoms with Gasteiger partial charge in [-0.25, -0.2) is 13.6 Å². The zero-order valence-electron chi connectivity index (χ0n) is 19.2. The minimum absolute atomic E-state index is 0.000921. The summed E-state index contributed by atoms with van der Waals surface area (Å²) in [6, 6.07) is 1.39. The minimum Gasteiger partial charge on any atom is -0.444 e. The first kappa shape index (κ1) is 24.6. The molecule has 0 unspecified atom stereocenters. The summed E-state index contributed by atoms with van der Waals surface area (Å²) in [4.78, 5) is 50.3. The van der Waals surface area contributed by atoms with Gasteiger partial charge in [0.2, 0.25) is 11.7 Å². The normalized spacial score (nSPS) is 19.8. The van der Waals surface area contributed by atoms with Crippen LogP contribution in [0.1, 0.15) is 58.4 Å². The van der Waals surface area contributed by atoms with Crippen molar-refractivity contribution >= 4 is 29.4 Å². The second-order valence-corrected chi connectivity index (χ2v) is 9.46. The lowest BCUT2D eigenvalue weighted by atomic mass is 9.88. The number of Topliss-reactive ketones (excluding diaryl/α,β-unsaturated/α-hetero) is 1. The highest BCUT2D eigenvalue weighted by molar-refractivity contribution is 6.44. The molecule has 180 valence electrons. The van der Waals surface area contributed by atoms with Gasteiger partial charge < -0.3 is 19.9 Å². The lowest BCUT2D eigenvalue weighted by molar-refractivity contribution is -0.133. The zero-order chi connectivity index (χ0) is 24.5. The number of benzene rings is 1. The average Bonchev–Trinajstić information content (AvgIpc) is 2.98. The fourth-order valence-electron chi connectivity index (χ4n) is 4.22. The fourth-order valence-corrected chi connectivity index (χ4v) is 4.22. The number of nitrogens with one attached hydrogen (secondary N) is 1. The topological polar surface area (TPSA) is 96.0 Å². The van der Waals surface area contributed by atoms with Gasteiger partial charge in [-0.3, -0.25) is 14.4 Å². The molecular weight excluding hydrogens is 436 g/mol. The maximum atomic E-state index is 15.1. The maximum Gasteiger partial charge on any atom is 0.410 e. The van der Waals surface area contributed by atoms with Crippen molar-refractivity contribution in [1.82, 2.24) is 10.2 Å². The fraction of sp³-hybridized carbons (Fsp3) is 0.565. The van der Waals surface area contributed by atoms with Gasteiger partial charge in [0.25, 0.3) is 5.91 Å². The predicted molar refractivity (Wildman–Crippen MR) is 116 cm³/mol. The standard InChI is InChI=1S/C23H29F2N3O5/c1-13(29)26-12-16-11-19(30)21(31)28(16)15-9-17(24)20(18(25)10-15)14-5-7-27(8-6-14)22(32)33-23(2,3)4/h9-10,14,16H,5-8,11-12H2,1-4H3,(H,26,29)/t16-/m0/s1. The predicted octanol–water partition coefficient (Wildman–Crippen LogP) is 2.89. The van der Waals surface area contributed by atoms with Gasteiger partial charge in [0.05, 0.1) is 11.7 Å². The number of rotatable bonds is 4. The van der Waals surface area contributed by atoms with Crippen LogP contribution < -0.4 is 10.2 Å². The number of anilines is 1. The van der Waals surface area contributed by atoms with Crippen LogP contribution in [0.3, 0.4) is 0 Å². The Morgan fingerprint density at radius 2 is 1.70 bits per heavy atom. The quantitative estimate of drug-likeness (QED) is 0.690. The minimum atomic E-state index is -0.859. The Labute approximate surface area is 191 Å². The number of carbonyl (C=O) groups excluding carboxylic acids is 4. The van der Waals surface area contributed by atoms with Crippen molar-refractivity contribution in [3.8, 4) is 0 Å². The molecule has 0 aromatic heterocycles. The number of carbonyl (C=O) groups is 4. The summed E-state index contributed by atoms with van der Waals surface area (Å²) in [5.41, 5.74) is -0.793. The Morgan fingerprint density at radius 1 is 1.12 bits per heavy atom. The largest absolute Gasteiger partial charge is 0.444 e. The highest BCUT2D eigenvalue weighted by atomic mass is 19.1. The third-order valence-corrected chi connectivity index (χ3v) is 5.73. The molecule has 0 aliphatic carbocycles. The molecule has 1 atom stereocenters. The van der Waals surface area contributed by atoms with Gasteiger partial charge in [0.15, 0.2) is 0 Å². The molecule has 0 bridgehead atoms. The molecule has 1 aromatic carbocycles. The molecule has 2 fully saturated rings. The van der Waals surface area contributed by atoms with Gasteiger partial charge in [-0.2, -0.15) is 0 Å². The van der Waals surface area contributed by atoms with E-state index in [0.29, 0.717) is 25.9 Å². The number of hydrogen-bond acceptors (Lipinski definition) is 5. The average molecular weight is 465 g/mol. The van der Waals surface area contributed by atoms with Crippen molar-refractivity contribution in [2.45, 2.75) is 64.5 Å². The number of ether oxygens (including phenoxy) is 1. The van der Waals surface area contributed by atoms with Crippen LogP contribution in [-0.2, 0) is 19.1 Å². The van der Waals surface area contributed by atoms with E-state index in [9.17, 15) is 19.2 Å². The van der Waals surface area contributed by atoms with Crippen LogP contribution in [0.15, 0.2) is 12.1 Å². The summed E-state index contributed by atoms with van der Waals surface area (Å²) in [6.07, 6.45) is 0.115. The van der Waals surface area contributed by atoms with Crippen LogP contribution >= 0.6 is 0 Å². The van der Waals surface area contributed by atoms with E-state index < -0.39 is 47.0 Å². The number of amides is 3. The van der Waals surface area contributed by atoms with E-state index in [4.69, 9.17) is 4.74 Å². The van der Waals surface area contributed by atoms with Crippen molar-refractivity contribution in [1.29, 1.82) is 0 Å². The molecule has 1 N–H and O–H groups in total. The highest BCUT2D eigenvalue weighted by Gasteiger charge is 2.40. The SMILES string of the molecule is CC(=O)NC[C@@H]1CC(=O)C(=O)N1c1cc(F)c(C2CCN(C(=O)OC(C)(C)C)CC2)c(F)c1. The van der Waals surface area contributed by atoms with E-state index >= 15 is 8.78 Å². The first-order valence-electron chi connectivity index (χ1n) is 10.9. The zero-order valence-corrected chi connectivity index (χ0v) is 19.2. The van der Waals surface area contributed by atoms with E-state index in [1.54, 1.807) is 20.8 Å². The van der Waals surface area contributed by atoms with Gasteiger partial charge >= 0.3 is 6.09 Å². The Hall–Kier alpha value is -3.04. The molecule has 0 saturated carbocycles. The summed E-state index contributed by atoms with van der Waals surface area (Å²) < 4.78 is 35.5. The molecule has 0 spiro atoms. The number of piperidine rings is 1. The molecule has 3 rings (SSSR count). The molecule has 0 radical (unpaired) electrons. The molecule has 10 heteroatoms. The number of hydrogen-bond donors (Lipinski definition) is 1. The number of likely N-dealkylation sites (tertiary alicyclic amines) is 1. The van der Waals surface area contributed by atoms with Crippen molar-refractivity contribution in [3.63, 3.8) is 0 Å². The molecule has 3 amide bonds. The molecule has 8 nitrogen and oxygen atoms in total. The number of halogens is 2. The molecule has 2 heterocycles. The van der Waals surface area contributed by atoms with E-state index in [1.165, 1.54) is 11.8 Å². The Morgan fingerprint density at radius 3 is 2.21 bits per heavy atom. The smallest absolute Gasteiger partial charge is 0.410 e. The maximum absolute atomic E-state index is 15.1. The number of nitrogens with zero attached hydrogens (tertiary/aromatic N) is 2. The van der Waals surface area contributed by atoms with Crippen molar-refractivity contribution < 1.29 is 32.7 Å². The third kappa shape index (κ3) is 5.66. The number of ketones is 1. The van der Waals surface area contributed by atoms with Crippen LogP contribution in [0.4, 0.5) is 19.3 Å². The summed E-state index contributed by atoms with van der Waals surface area (Å²) in [5.74, 6) is -3.94. The van der Waals surface area contributed by atoms with E-state index in [1.807, 2.05) is 0 Å². The van der Waals surface area contributed by atoms with Crippen molar-refractivity contribution in [2.24, 2.45) is 0 Å². The van der Waals surface area contributed by atoms with Gasteiger partial charge in [0, 0.05) is 38.5 Å². The molecule has 1 aromatic rings. The first-order valence-corrected chi connectivity index (χ1v) is 10.9. The van der Waals surface area contributed by atoms with Crippen molar-refractivity contribution in [2.75, 3.05) is 24.5 Å². The Bertz CT molecular complexity index is 944. The second-order valence-electron chi connectivity index (χ2n) is 9.46. The second kappa shape index (κ2) is 9.44. The first-order chi connectivity index (χ1) is 15.4. The van der Waals surface area contributed by atoms with Gasteiger partial charge in [-0.05, 0) is 51.7 Å². The van der Waals surface area contributed by atoms with Crippen LogP contribution in [-0.4, -0.2) is 59.9 Å². The Balaban J connectivity index is 1.75. The molecule has 2 aliphatic heterocycles. The van der Waals surface area contributed by atoms with Gasteiger partial charge in [0.1, 0.15) is 17.2 Å². The Kier molecular flexibility index (Phi) is 7.04. The highest BCUT2D eigenvalue weighted by Crippen LogP contribution is 2.36. The van der Waals surface area contributed by atoms with E-state index in [0.717, 1.165) is 17.0 Å². The summed E-state index contributed by atoms with van der Waals surface area (Å²) >= 11 is 0. The van der Waals surface area contributed by atoms with Crippen molar-refractivity contribution in [3.05, 3.63) is 29.3 Å². The molecular formula is C23H29F2N3O5. The summed E-state index contributed by atoms with van der Waals surface area (Å²) in [6.45, 7) is 7.21. The molecule has 2 aliphatic rings. The van der Waals surface area contributed by atoms with Gasteiger partial charge in [-0.1, -0.05) is 0 Å². The lowest BCUT2D eigenvalue weighted by Crippen LogP contribution is -2.42. The van der Waals surface area contributed by atoms with E-state index in [2.05, 4.69) is 5.32 Å². The third-order valence-electron chi connectivity index (χ3n) is 5.73. The van der Waals surface area contributed by atoms with E-state index in [-0.39, 0.29) is 30.1 Å². The monoisotopic (exact) mass is 465 g/mol. The van der Waals surface area contributed by atoms with Crippen LogP contribution in [0.5, 0.6) is 0 Å². The lowest BCUT2D eigenvalue weighted by Gasteiger charge is -2.34. The van der Waals surface area contributed by atoms with Gasteiger partial charge in [-0.15, -0.1) is 0 Å². The molecule has 2 saturated heterocycles. The van der Waals surface area contributed by atoms with Crippen LogP contribution in [0.2, 0.25) is 0 Å². The van der Waals surface area contributed by atoms with Crippen LogP contribution in [0, 0.1) is 11.6 Å². The van der Waals surface area contributed by atoms with Crippen LogP contribution in [0.25, 0.3) is 0 Å². The molecule has 33 heavy (non-hydrogen) atoms.